The van der Waals surface area contributed by atoms with Gasteiger partial charge in [0, 0.05) is 18.8 Å². The molecule has 1 aliphatic rings. The van der Waals surface area contributed by atoms with Crippen molar-refractivity contribution in [2.24, 2.45) is 0 Å². The Kier molecular flexibility index (Phi) is 9.66. The van der Waals surface area contributed by atoms with E-state index in [1.807, 2.05) is 60.7 Å². The van der Waals surface area contributed by atoms with Crippen LogP contribution in [-0.2, 0) is 32.0 Å². The SMILES string of the molecule is O=C(CNC(=O)OCC1c2ccccc2-c2ccccc21)N[C@@H](Cc1ccccc1)C(=O)N[C@@H](Cc1ccccc1)C(=O)O. The van der Waals surface area contributed by atoms with Gasteiger partial charge < -0.3 is 25.8 Å². The molecule has 0 heterocycles. The van der Waals surface area contributed by atoms with Crippen LogP contribution in [0.1, 0.15) is 28.2 Å². The Morgan fingerprint density at radius 2 is 1.16 bits per heavy atom. The highest BCUT2D eigenvalue weighted by Gasteiger charge is 2.30. The lowest BCUT2D eigenvalue weighted by Crippen LogP contribution is -2.54. The Morgan fingerprint density at radius 3 is 1.70 bits per heavy atom. The summed E-state index contributed by atoms with van der Waals surface area (Å²) in [4.78, 5) is 50.7. The molecule has 0 spiro atoms. The summed E-state index contributed by atoms with van der Waals surface area (Å²) in [7, 11) is 0. The van der Waals surface area contributed by atoms with Gasteiger partial charge in [0.1, 0.15) is 25.2 Å². The van der Waals surface area contributed by atoms with E-state index in [1.165, 1.54) is 0 Å². The summed E-state index contributed by atoms with van der Waals surface area (Å²) in [5, 5.41) is 17.4. The topological polar surface area (TPSA) is 134 Å². The molecule has 9 heteroatoms. The largest absolute Gasteiger partial charge is 0.480 e. The summed E-state index contributed by atoms with van der Waals surface area (Å²) >= 11 is 0. The smallest absolute Gasteiger partial charge is 0.407 e. The molecule has 0 aliphatic heterocycles. The van der Waals surface area contributed by atoms with E-state index in [1.54, 1.807) is 48.5 Å². The van der Waals surface area contributed by atoms with E-state index in [2.05, 4.69) is 16.0 Å². The van der Waals surface area contributed by atoms with Crippen molar-refractivity contribution in [1.82, 2.24) is 16.0 Å². The lowest BCUT2D eigenvalue weighted by Gasteiger charge is -2.22. The van der Waals surface area contributed by atoms with Crippen LogP contribution in [0.5, 0.6) is 0 Å². The first-order valence-electron chi connectivity index (χ1n) is 14.4. The molecule has 0 aromatic heterocycles. The number of amides is 3. The molecule has 5 rings (SSSR count). The highest BCUT2D eigenvalue weighted by Crippen LogP contribution is 2.44. The molecule has 2 atom stereocenters. The average Bonchev–Trinajstić information content (AvgIpc) is 3.36. The molecule has 0 saturated carbocycles. The van der Waals surface area contributed by atoms with Gasteiger partial charge in [-0.05, 0) is 33.4 Å². The number of rotatable bonds is 12. The molecule has 4 N–H and O–H groups in total. The molecule has 44 heavy (non-hydrogen) atoms. The van der Waals surface area contributed by atoms with Crippen LogP contribution in [0.2, 0.25) is 0 Å². The second kappa shape index (κ2) is 14.2. The number of benzene rings is 4. The molecule has 0 fully saturated rings. The minimum absolute atomic E-state index is 0.0806. The Balaban J connectivity index is 1.18. The van der Waals surface area contributed by atoms with E-state index >= 15 is 0 Å². The fourth-order valence-electron chi connectivity index (χ4n) is 5.43. The number of aliphatic carboxylic acids is 1. The highest BCUT2D eigenvalue weighted by molar-refractivity contribution is 5.92. The van der Waals surface area contributed by atoms with Crippen molar-refractivity contribution in [2.45, 2.75) is 30.8 Å². The molecule has 4 aromatic rings. The standard InChI is InChI=1S/C35H33N3O6/c39-32(21-36-35(43)44-22-29-27-17-9-7-15-25(27)26-16-8-10-18-28(26)29)37-30(19-23-11-3-1-4-12-23)33(40)38-31(34(41)42)20-24-13-5-2-6-14-24/h1-18,29-31H,19-22H2,(H,36,43)(H,37,39)(H,38,40)(H,41,42)/t30-,31-/m0/s1. The summed E-state index contributed by atoms with van der Waals surface area (Å²) in [6.07, 6.45) is -0.557. The summed E-state index contributed by atoms with van der Waals surface area (Å²) in [5.41, 5.74) is 5.87. The number of hydrogen-bond acceptors (Lipinski definition) is 5. The van der Waals surface area contributed by atoms with Gasteiger partial charge in [-0.2, -0.15) is 0 Å². The monoisotopic (exact) mass is 591 g/mol. The van der Waals surface area contributed by atoms with Crippen molar-refractivity contribution in [3.05, 3.63) is 131 Å². The van der Waals surface area contributed by atoms with E-state index in [9.17, 15) is 24.3 Å². The van der Waals surface area contributed by atoms with Crippen LogP contribution in [0, 0.1) is 0 Å². The molecule has 9 nitrogen and oxygen atoms in total. The van der Waals surface area contributed by atoms with Gasteiger partial charge in [0.05, 0.1) is 0 Å². The third-order valence-electron chi connectivity index (χ3n) is 7.57. The molecule has 0 saturated heterocycles. The third-order valence-corrected chi connectivity index (χ3v) is 7.57. The van der Waals surface area contributed by atoms with Crippen molar-refractivity contribution in [1.29, 1.82) is 0 Å². The quantitative estimate of drug-likeness (QED) is 0.196. The van der Waals surface area contributed by atoms with Gasteiger partial charge in [0.15, 0.2) is 0 Å². The van der Waals surface area contributed by atoms with Crippen molar-refractivity contribution < 1.29 is 29.0 Å². The summed E-state index contributed by atoms with van der Waals surface area (Å²) in [6.45, 7) is -0.333. The van der Waals surface area contributed by atoms with Crippen LogP contribution in [-0.4, -0.2) is 54.2 Å². The maximum absolute atomic E-state index is 13.3. The molecule has 0 bridgehead atoms. The fraction of sp³-hybridized carbons (Fsp3) is 0.200. The van der Waals surface area contributed by atoms with Crippen LogP contribution in [0.4, 0.5) is 4.79 Å². The van der Waals surface area contributed by atoms with E-state index in [0.29, 0.717) is 0 Å². The van der Waals surface area contributed by atoms with Gasteiger partial charge in [0.25, 0.3) is 0 Å². The number of hydrogen-bond donors (Lipinski definition) is 4. The van der Waals surface area contributed by atoms with Crippen molar-refractivity contribution >= 4 is 23.9 Å². The van der Waals surface area contributed by atoms with Crippen molar-refractivity contribution in [3.63, 3.8) is 0 Å². The zero-order valence-corrected chi connectivity index (χ0v) is 23.9. The maximum Gasteiger partial charge on any atom is 0.407 e. The zero-order valence-electron chi connectivity index (χ0n) is 23.9. The van der Waals surface area contributed by atoms with Crippen LogP contribution < -0.4 is 16.0 Å². The fourth-order valence-corrected chi connectivity index (χ4v) is 5.43. The lowest BCUT2D eigenvalue weighted by atomic mass is 9.98. The first-order chi connectivity index (χ1) is 21.4. The van der Waals surface area contributed by atoms with Gasteiger partial charge in [0.2, 0.25) is 11.8 Å². The van der Waals surface area contributed by atoms with E-state index in [-0.39, 0.29) is 25.4 Å². The number of alkyl carbamates (subject to hydrolysis) is 1. The van der Waals surface area contributed by atoms with Gasteiger partial charge in [-0.15, -0.1) is 0 Å². The average molecular weight is 592 g/mol. The van der Waals surface area contributed by atoms with Crippen LogP contribution in [0.15, 0.2) is 109 Å². The van der Waals surface area contributed by atoms with E-state index in [4.69, 9.17) is 4.74 Å². The molecule has 224 valence electrons. The number of ether oxygens (including phenoxy) is 1. The maximum atomic E-state index is 13.3. The number of nitrogens with one attached hydrogen (secondary N) is 3. The van der Waals surface area contributed by atoms with Crippen LogP contribution >= 0.6 is 0 Å². The van der Waals surface area contributed by atoms with Crippen LogP contribution in [0.3, 0.4) is 0 Å². The molecule has 1 aliphatic carbocycles. The zero-order chi connectivity index (χ0) is 30.9. The van der Waals surface area contributed by atoms with Gasteiger partial charge in [-0.3, -0.25) is 9.59 Å². The van der Waals surface area contributed by atoms with Crippen LogP contribution in [0.25, 0.3) is 11.1 Å². The molecule has 4 aromatic carbocycles. The summed E-state index contributed by atoms with van der Waals surface area (Å²) < 4.78 is 5.50. The van der Waals surface area contributed by atoms with Gasteiger partial charge in [-0.1, -0.05) is 109 Å². The molecule has 3 amide bonds. The normalized spacial score (nSPS) is 13.1. The molecular formula is C35H33N3O6. The second-order valence-electron chi connectivity index (χ2n) is 10.6. The number of carbonyl (C=O) groups excluding carboxylic acids is 3. The lowest BCUT2D eigenvalue weighted by molar-refractivity contribution is -0.142. The summed E-state index contributed by atoms with van der Waals surface area (Å²) in [6, 6.07) is 31.7. The minimum atomic E-state index is -1.20. The Labute approximate surface area is 255 Å². The molecular weight excluding hydrogens is 558 g/mol. The van der Waals surface area contributed by atoms with Crippen molar-refractivity contribution in [2.75, 3.05) is 13.2 Å². The Bertz CT molecular complexity index is 1580. The Hall–Kier alpha value is -5.44. The second-order valence-corrected chi connectivity index (χ2v) is 10.6. The predicted octanol–water partition coefficient (Wildman–Crippen LogP) is 4.06. The molecule has 0 radical (unpaired) electrons. The van der Waals surface area contributed by atoms with Crippen molar-refractivity contribution in [3.8, 4) is 11.1 Å². The number of carboxylic acids is 1. The highest BCUT2D eigenvalue weighted by atomic mass is 16.5. The summed E-state index contributed by atoms with van der Waals surface area (Å²) in [5.74, 6) is -2.58. The first kappa shape index (κ1) is 30.0. The van der Waals surface area contributed by atoms with Gasteiger partial charge in [-0.25, -0.2) is 9.59 Å². The van der Waals surface area contributed by atoms with Gasteiger partial charge >= 0.3 is 12.1 Å². The first-order valence-corrected chi connectivity index (χ1v) is 14.4. The Morgan fingerprint density at radius 1 is 0.659 bits per heavy atom. The number of fused-ring (bicyclic) bond motifs is 3. The number of carboxylic acid groups (broad SMARTS) is 1. The minimum Gasteiger partial charge on any atom is -0.480 e. The number of carbonyl (C=O) groups is 4. The predicted molar refractivity (Wildman–Crippen MR) is 165 cm³/mol. The van der Waals surface area contributed by atoms with E-state index in [0.717, 1.165) is 33.4 Å². The van der Waals surface area contributed by atoms with E-state index < -0.39 is 42.5 Å². The third kappa shape index (κ3) is 7.49. The molecule has 0 unspecified atom stereocenters.